The number of rotatable bonds is 4. The number of aromatic nitrogens is 3. The van der Waals surface area contributed by atoms with E-state index in [2.05, 4.69) is 20.5 Å². The number of nitrogens with zero attached hydrogens (tertiary/aromatic N) is 2. The molecule has 0 aliphatic heterocycles. The Balaban J connectivity index is 2.03. The van der Waals surface area contributed by atoms with Gasteiger partial charge in [-0.25, -0.2) is 0 Å². The molecule has 0 unspecified atom stereocenters. The number of benzene rings is 1. The van der Waals surface area contributed by atoms with E-state index in [-0.39, 0.29) is 17.2 Å². The van der Waals surface area contributed by atoms with Crippen LogP contribution in [0.2, 0.25) is 5.02 Å². The first-order valence-corrected chi connectivity index (χ1v) is 7.80. The monoisotopic (exact) mass is 338 g/mol. The fourth-order valence-electron chi connectivity index (χ4n) is 1.57. The molecule has 0 fully saturated rings. The number of carbonyl (C=O) groups excluding carboxylic acids is 1. The van der Waals surface area contributed by atoms with E-state index in [1.807, 2.05) is 13.0 Å². The summed E-state index contributed by atoms with van der Waals surface area (Å²) in [5, 5.41) is 10.8. The van der Waals surface area contributed by atoms with Crippen molar-refractivity contribution >= 4 is 35.0 Å². The lowest BCUT2D eigenvalue weighted by atomic mass is 10.2. The van der Waals surface area contributed by atoms with Crippen molar-refractivity contribution in [3.8, 4) is 0 Å². The number of aromatic amines is 1. The van der Waals surface area contributed by atoms with Crippen LogP contribution in [0.4, 0.5) is 5.69 Å². The van der Waals surface area contributed by atoms with Crippen LogP contribution in [0.3, 0.4) is 0 Å². The number of H-pyrrole nitrogens is 1. The summed E-state index contributed by atoms with van der Waals surface area (Å²) in [6, 6.07) is 5.31. The Bertz CT molecular complexity index is 763. The molecule has 0 radical (unpaired) electrons. The Hall–Kier alpha value is -1.86. The van der Waals surface area contributed by atoms with E-state index in [0.717, 1.165) is 17.3 Å². The summed E-state index contributed by atoms with van der Waals surface area (Å²) < 4.78 is 0. The molecule has 1 aromatic heterocycles. The fourth-order valence-corrected chi connectivity index (χ4v) is 2.49. The summed E-state index contributed by atoms with van der Waals surface area (Å²) in [5.74, 6) is -0.215. The highest BCUT2D eigenvalue weighted by Crippen LogP contribution is 2.22. The second kappa shape index (κ2) is 6.93. The van der Waals surface area contributed by atoms with Crippen molar-refractivity contribution in [2.24, 2.45) is 0 Å². The van der Waals surface area contributed by atoms with Gasteiger partial charge in [0.05, 0.1) is 5.25 Å². The summed E-state index contributed by atoms with van der Waals surface area (Å²) in [5.41, 5.74) is 1.54. The summed E-state index contributed by atoms with van der Waals surface area (Å²) in [4.78, 5) is 26.2. The molecular formula is C14H15ClN4O2S. The highest BCUT2D eigenvalue weighted by Gasteiger charge is 2.16. The molecule has 1 heterocycles. The summed E-state index contributed by atoms with van der Waals surface area (Å²) in [6.45, 7) is 5.17. The molecule has 2 rings (SSSR count). The predicted molar refractivity (Wildman–Crippen MR) is 87.5 cm³/mol. The Morgan fingerprint density at radius 1 is 1.36 bits per heavy atom. The first kappa shape index (κ1) is 16.5. The lowest BCUT2D eigenvalue weighted by Crippen LogP contribution is -2.23. The standard InChI is InChI=1S/C14H15ClN4O2S/c1-7-4-5-10(6-11(7)15)16-13(21)9(3)22-14-17-12(20)8(2)18-19-14/h4-6,9H,1-3H3,(H,16,21)(H,17,19,20)/t9-/m1/s1. The molecule has 22 heavy (non-hydrogen) atoms. The van der Waals surface area contributed by atoms with Crippen LogP contribution < -0.4 is 10.9 Å². The topological polar surface area (TPSA) is 87.7 Å². The lowest BCUT2D eigenvalue weighted by Gasteiger charge is -2.11. The van der Waals surface area contributed by atoms with Gasteiger partial charge in [0, 0.05) is 10.7 Å². The summed E-state index contributed by atoms with van der Waals surface area (Å²) in [7, 11) is 0. The summed E-state index contributed by atoms with van der Waals surface area (Å²) in [6.07, 6.45) is 0. The van der Waals surface area contributed by atoms with Crippen LogP contribution in [-0.4, -0.2) is 26.3 Å². The van der Waals surface area contributed by atoms with Gasteiger partial charge in [0.25, 0.3) is 5.56 Å². The first-order valence-electron chi connectivity index (χ1n) is 6.54. The maximum absolute atomic E-state index is 12.1. The molecule has 0 spiro atoms. The maximum Gasteiger partial charge on any atom is 0.273 e. The third-order valence-electron chi connectivity index (χ3n) is 2.94. The van der Waals surface area contributed by atoms with Gasteiger partial charge in [-0.1, -0.05) is 29.4 Å². The van der Waals surface area contributed by atoms with E-state index in [0.29, 0.717) is 15.9 Å². The number of nitrogens with one attached hydrogen (secondary N) is 2. The Labute approximate surface area is 136 Å². The van der Waals surface area contributed by atoms with E-state index in [4.69, 9.17) is 11.6 Å². The van der Waals surface area contributed by atoms with Crippen molar-refractivity contribution < 1.29 is 4.79 Å². The number of amides is 1. The molecule has 0 aliphatic rings. The zero-order valence-electron chi connectivity index (χ0n) is 12.3. The van der Waals surface area contributed by atoms with E-state index < -0.39 is 5.25 Å². The average Bonchev–Trinajstić information content (AvgIpc) is 2.46. The van der Waals surface area contributed by atoms with Gasteiger partial charge in [-0.15, -0.1) is 10.2 Å². The second-order valence-corrected chi connectivity index (χ2v) is 6.49. The van der Waals surface area contributed by atoms with Crippen LogP contribution >= 0.6 is 23.4 Å². The molecule has 1 amide bonds. The van der Waals surface area contributed by atoms with Crippen LogP contribution in [0.15, 0.2) is 28.2 Å². The minimum Gasteiger partial charge on any atom is -0.325 e. The van der Waals surface area contributed by atoms with Crippen molar-refractivity contribution in [2.75, 3.05) is 5.32 Å². The lowest BCUT2D eigenvalue weighted by molar-refractivity contribution is -0.115. The molecule has 0 aliphatic carbocycles. The first-order chi connectivity index (χ1) is 10.4. The number of thioether (sulfide) groups is 1. The van der Waals surface area contributed by atoms with Gasteiger partial charge in [-0.05, 0) is 38.5 Å². The highest BCUT2D eigenvalue weighted by atomic mass is 35.5. The van der Waals surface area contributed by atoms with Crippen LogP contribution in [-0.2, 0) is 4.79 Å². The van der Waals surface area contributed by atoms with Gasteiger partial charge >= 0.3 is 0 Å². The van der Waals surface area contributed by atoms with Crippen molar-refractivity contribution in [1.29, 1.82) is 0 Å². The molecule has 1 aromatic carbocycles. The Morgan fingerprint density at radius 3 is 2.73 bits per heavy atom. The molecule has 6 nitrogen and oxygen atoms in total. The maximum atomic E-state index is 12.1. The van der Waals surface area contributed by atoms with E-state index >= 15 is 0 Å². The third-order valence-corrected chi connectivity index (χ3v) is 4.32. The van der Waals surface area contributed by atoms with Gasteiger partial charge in [0.1, 0.15) is 5.69 Å². The largest absolute Gasteiger partial charge is 0.325 e. The zero-order valence-corrected chi connectivity index (χ0v) is 13.9. The van der Waals surface area contributed by atoms with Crippen LogP contribution in [0.25, 0.3) is 0 Å². The molecule has 2 N–H and O–H groups in total. The van der Waals surface area contributed by atoms with Crippen LogP contribution in [0.1, 0.15) is 18.2 Å². The molecule has 0 saturated heterocycles. The zero-order chi connectivity index (χ0) is 16.3. The number of aryl methyl sites for hydroxylation is 2. The summed E-state index contributed by atoms with van der Waals surface area (Å²) >= 11 is 7.15. The van der Waals surface area contributed by atoms with Gasteiger partial charge < -0.3 is 5.32 Å². The van der Waals surface area contributed by atoms with E-state index in [9.17, 15) is 9.59 Å². The van der Waals surface area contributed by atoms with Crippen molar-refractivity contribution in [1.82, 2.24) is 15.2 Å². The molecule has 116 valence electrons. The van der Waals surface area contributed by atoms with Crippen molar-refractivity contribution in [3.63, 3.8) is 0 Å². The van der Waals surface area contributed by atoms with Gasteiger partial charge in [0.15, 0.2) is 5.16 Å². The Morgan fingerprint density at radius 2 is 2.09 bits per heavy atom. The van der Waals surface area contributed by atoms with Gasteiger partial charge in [0.2, 0.25) is 5.91 Å². The van der Waals surface area contributed by atoms with Gasteiger partial charge in [-0.3, -0.25) is 14.6 Å². The average molecular weight is 339 g/mol. The SMILES string of the molecule is Cc1ccc(NC(=O)[C@@H](C)Sc2nnc(C)c(=O)[nH]2)cc1Cl. The number of anilines is 1. The molecule has 8 heteroatoms. The number of halogens is 1. The Kier molecular flexibility index (Phi) is 5.20. The minimum atomic E-state index is -0.451. The predicted octanol–water partition coefficient (Wildman–Crippen LogP) is 2.55. The second-order valence-electron chi connectivity index (χ2n) is 4.76. The van der Waals surface area contributed by atoms with Gasteiger partial charge in [-0.2, -0.15) is 0 Å². The number of hydrogen-bond acceptors (Lipinski definition) is 5. The fraction of sp³-hybridized carbons (Fsp3) is 0.286. The van der Waals surface area contributed by atoms with Crippen molar-refractivity contribution in [2.45, 2.75) is 31.2 Å². The van der Waals surface area contributed by atoms with E-state index in [1.165, 1.54) is 0 Å². The minimum absolute atomic E-state index is 0.215. The van der Waals surface area contributed by atoms with E-state index in [1.54, 1.807) is 26.0 Å². The molecule has 2 aromatic rings. The van der Waals surface area contributed by atoms with Crippen LogP contribution in [0, 0.1) is 13.8 Å². The highest BCUT2D eigenvalue weighted by molar-refractivity contribution is 8.00. The molecule has 1 atom stereocenters. The third kappa shape index (κ3) is 4.08. The number of hydrogen-bond donors (Lipinski definition) is 2. The smallest absolute Gasteiger partial charge is 0.273 e. The molecule has 0 saturated carbocycles. The molecule has 0 bridgehead atoms. The molecular weight excluding hydrogens is 324 g/mol. The number of carbonyl (C=O) groups is 1. The quantitative estimate of drug-likeness (QED) is 0.836. The van der Waals surface area contributed by atoms with Crippen molar-refractivity contribution in [3.05, 3.63) is 44.8 Å². The normalized spacial score (nSPS) is 12.0. The van der Waals surface area contributed by atoms with Crippen LogP contribution in [0.5, 0.6) is 0 Å².